The third-order valence-corrected chi connectivity index (χ3v) is 2.75. The van der Waals surface area contributed by atoms with Crippen molar-refractivity contribution in [1.29, 1.82) is 0 Å². The van der Waals surface area contributed by atoms with E-state index in [-0.39, 0.29) is 5.91 Å². The fourth-order valence-electron chi connectivity index (χ4n) is 1.81. The molecule has 0 aliphatic rings. The first-order valence-corrected chi connectivity index (χ1v) is 6.31. The Hall–Kier alpha value is -1.55. The Morgan fingerprint density at radius 1 is 1.44 bits per heavy atom. The molecule has 0 spiro atoms. The molecule has 1 atom stereocenters. The van der Waals surface area contributed by atoms with Crippen LogP contribution < -0.4 is 10.2 Å². The Morgan fingerprint density at radius 3 is 2.72 bits per heavy atom. The van der Waals surface area contributed by atoms with Crippen molar-refractivity contribution in [1.82, 2.24) is 5.32 Å². The van der Waals surface area contributed by atoms with E-state index in [1.54, 1.807) is 6.92 Å². The average molecular weight is 250 g/mol. The second kappa shape index (κ2) is 7.01. The number of carbonyl (C=O) groups is 1. The van der Waals surface area contributed by atoms with Gasteiger partial charge in [0.05, 0.1) is 12.6 Å². The topological polar surface area (TPSA) is 52.6 Å². The Kier molecular flexibility index (Phi) is 5.65. The zero-order chi connectivity index (χ0) is 13.5. The SMILES string of the molecule is CCCNC(=O)CN(C)c1ccccc1[C@H](C)O. The summed E-state index contributed by atoms with van der Waals surface area (Å²) in [7, 11) is 1.85. The van der Waals surface area contributed by atoms with Crippen molar-refractivity contribution in [3.05, 3.63) is 29.8 Å². The van der Waals surface area contributed by atoms with Crippen LogP contribution in [0.15, 0.2) is 24.3 Å². The van der Waals surface area contributed by atoms with Crippen molar-refractivity contribution in [2.24, 2.45) is 0 Å². The number of anilines is 1. The predicted molar refractivity (Wildman–Crippen MR) is 73.6 cm³/mol. The number of benzene rings is 1. The fourth-order valence-corrected chi connectivity index (χ4v) is 1.81. The number of aliphatic hydroxyl groups excluding tert-OH is 1. The van der Waals surface area contributed by atoms with Gasteiger partial charge in [-0.05, 0) is 19.4 Å². The first-order valence-electron chi connectivity index (χ1n) is 6.31. The van der Waals surface area contributed by atoms with E-state index in [1.165, 1.54) is 0 Å². The van der Waals surface area contributed by atoms with E-state index in [0.29, 0.717) is 13.1 Å². The van der Waals surface area contributed by atoms with E-state index >= 15 is 0 Å². The quantitative estimate of drug-likeness (QED) is 0.808. The summed E-state index contributed by atoms with van der Waals surface area (Å²) in [5.41, 5.74) is 1.72. The summed E-state index contributed by atoms with van der Waals surface area (Å²) in [6, 6.07) is 7.58. The highest BCUT2D eigenvalue weighted by Crippen LogP contribution is 2.24. The molecular formula is C14H22N2O2. The van der Waals surface area contributed by atoms with Crippen molar-refractivity contribution in [2.45, 2.75) is 26.4 Å². The molecule has 0 saturated carbocycles. The molecule has 100 valence electrons. The lowest BCUT2D eigenvalue weighted by Gasteiger charge is -2.23. The molecule has 0 aromatic heterocycles. The molecular weight excluding hydrogens is 228 g/mol. The number of nitrogens with zero attached hydrogens (tertiary/aromatic N) is 1. The zero-order valence-corrected chi connectivity index (χ0v) is 11.3. The summed E-state index contributed by atoms with van der Waals surface area (Å²) in [5.74, 6) is -0.000235. The van der Waals surface area contributed by atoms with Gasteiger partial charge in [-0.15, -0.1) is 0 Å². The predicted octanol–water partition coefficient (Wildman–Crippen LogP) is 1.70. The van der Waals surface area contributed by atoms with Gasteiger partial charge in [0.15, 0.2) is 0 Å². The number of para-hydroxylation sites is 1. The average Bonchev–Trinajstić information content (AvgIpc) is 2.36. The number of rotatable bonds is 6. The Morgan fingerprint density at radius 2 is 2.11 bits per heavy atom. The normalized spacial score (nSPS) is 12.0. The molecule has 0 unspecified atom stereocenters. The maximum atomic E-state index is 11.7. The Balaban J connectivity index is 2.72. The summed E-state index contributed by atoms with van der Waals surface area (Å²) >= 11 is 0. The Labute approximate surface area is 109 Å². The summed E-state index contributed by atoms with van der Waals surface area (Å²) in [4.78, 5) is 13.5. The molecule has 0 aliphatic carbocycles. The molecule has 1 amide bonds. The van der Waals surface area contributed by atoms with Crippen LogP contribution in [0.4, 0.5) is 5.69 Å². The van der Waals surface area contributed by atoms with Gasteiger partial charge in [-0.25, -0.2) is 0 Å². The van der Waals surface area contributed by atoms with Crippen molar-refractivity contribution in [2.75, 3.05) is 25.0 Å². The maximum Gasteiger partial charge on any atom is 0.239 e. The van der Waals surface area contributed by atoms with Gasteiger partial charge >= 0.3 is 0 Å². The highest BCUT2D eigenvalue weighted by atomic mass is 16.3. The molecule has 2 N–H and O–H groups in total. The monoisotopic (exact) mass is 250 g/mol. The van der Waals surface area contributed by atoms with Crippen molar-refractivity contribution >= 4 is 11.6 Å². The lowest BCUT2D eigenvalue weighted by Crippen LogP contribution is -2.35. The van der Waals surface area contributed by atoms with Gasteiger partial charge in [-0.3, -0.25) is 4.79 Å². The maximum absolute atomic E-state index is 11.7. The van der Waals surface area contributed by atoms with Gasteiger partial charge in [0, 0.05) is 24.8 Å². The van der Waals surface area contributed by atoms with Crippen molar-refractivity contribution < 1.29 is 9.90 Å². The van der Waals surface area contributed by atoms with E-state index in [0.717, 1.165) is 17.7 Å². The number of likely N-dealkylation sites (N-methyl/N-ethyl adjacent to an activating group) is 1. The molecule has 0 fully saturated rings. The largest absolute Gasteiger partial charge is 0.389 e. The van der Waals surface area contributed by atoms with Crippen LogP contribution in [0.25, 0.3) is 0 Å². The van der Waals surface area contributed by atoms with Gasteiger partial charge in [0.2, 0.25) is 5.91 Å². The van der Waals surface area contributed by atoms with E-state index in [9.17, 15) is 9.90 Å². The summed E-state index contributed by atoms with van der Waals surface area (Å²) < 4.78 is 0. The van der Waals surface area contributed by atoms with Crippen LogP contribution in [-0.4, -0.2) is 31.2 Å². The highest BCUT2D eigenvalue weighted by molar-refractivity contribution is 5.81. The van der Waals surface area contributed by atoms with Crippen LogP contribution in [-0.2, 0) is 4.79 Å². The van der Waals surface area contributed by atoms with Gasteiger partial charge < -0.3 is 15.3 Å². The minimum atomic E-state index is -0.539. The number of nitrogens with one attached hydrogen (secondary N) is 1. The van der Waals surface area contributed by atoms with E-state index in [2.05, 4.69) is 5.32 Å². The number of carbonyl (C=O) groups excluding carboxylic acids is 1. The van der Waals surface area contributed by atoms with Gasteiger partial charge in [-0.2, -0.15) is 0 Å². The first-order chi connectivity index (χ1) is 8.56. The van der Waals surface area contributed by atoms with Crippen LogP contribution in [0.5, 0.6) is 0 Å². The molecule has 1 aromatic rings. The molecule has 1 aromatic carbocycles. The van der Waals surface area contributed by atoms with E-state index in [4.69, 9.17) is 0 Å². The van der Waals surface area contributed by atoms with Crippen LogP contribution in [0.1, 0.15) is 31.9 Å². The smallest absolute Gasteiger partial charge is 0.239 e. The lowest BCUT2D eigenvalue weighted by atomic mass is 10.1. The lowest BCUT2D eigenvalue weighted by molar-refractivity contribution is -0.119. The van der Waals surface area contributed by atoms with Gasteiger partial charge in [-0.1, -0.05) is 25.1 Å². The fraction of sp³-hybridized carbons (Fsp3) is 0.500. The zero-order valence-electron chi connectivity index (χ0n) is 11.3. The molecule has 1 rings (SSSR count). The van der Waals surface area contributed by atoms with Crippen LogP contribution >= 0.6 is 0 Å². The van der Waals surface area contributed by atoms with Gasteiger partial charge in [0.1, 0.15) is 0 Å². The van der Waals surface area contributed by atoms with E-state index < -0.39 is 6.10 Å². The Bertz CT molecular complexity index is 391. The number of aliphatic hydroxyl groups is 1. The summed E-state index contributed by atoms with van der Waals surface area (Å²) in [5, 5.41) is 12.5. The molecule has 0 heterocycles. The molecule has 0 aliphatic heterocycles. The van der Waals surface area contributed by atoms with Crippen LogP contribution in [0.2, 0.25) is 0 Å². The molecule has 4 heteroatoms. The molecule has 0 bridgehead atoms. The molecule has 0 radical (unpaired) electrons. The summed E-state index contributed by atoms with van der Waals surface area (Å²) in [6.45, 7) is 4.74. The molecule has 4 nitrogen and oxygen atoms in total. The third kappa shape index (κ3) is 4.04. The summed E-state index contributed by atoms with van der Waals surface area (Å²) in [6.07, 6.45) is 0.391. The molecule has 0 saturated heterocycles. The van der Waals surface area contributed by atoms with Crippen molar-refractivity contribution in [3.8, 4) is 0 Å². The van der Waals surface area contributed by atoms with Crippen LogP contribution in [0.3, 0.4) is 0 Å². The van der Waals surface area contributed by atoms with Crippen molar-refractivity contribution in [3.63, 3.8) is 0 Å². The van der Waals surface area contributed by atoms with Crippen LogP contribution in [0, 0.1) is 0 Å². The highest BCUT2D eigenvalue weighted by Gasteiger charge is 2.13. The second-order valence-electron chi connectivity index (χ2n) is 4.44. The second-order valence-corrected chi connectivity index (χ2v) is 4.44. The standard InChI is InChI=1S/C14H22N2O2/c1-4-9-15-14(18)10-16(3)13-8-6-5-7-12(13)11(2)17/h5-8,11,17H,4,9-10H2,1-3H3,(H,15,18)/t11-/m0/s1. The van der Waals surface area contributed by atoms with E-state index in [1.807, 2.05) is 43.1 Å². The number of hydrogen-bond acceptors (Lipinski definition) is 3. The molecule has 18 heavy (non-hydrogen) atoms. The van der Waals surface area contributed by atoms with Gasteiger partial charge in [0.25, 0.3) is 0 Å². The third-order valence-electron chi connectivity index (χ3n) is 2.75. The number of hydrogen-bond donors (Lipinski definition) is 2. The minimum absolute atomic E-state index is 0.000235. The minimum Gasteiger partial charge on any atom is -0.389 e. The first kappa shape index (κ1) is 14.5. The number of amides is 1.